The number of nitrogens with zero attached hydrogens (tertiary/aromatic N) is 2. The fraction of sp³-hybridized carbons (Fsp3) is 0.273. The molecule has 1 atom stereocenters. The van der Waals surface area contributed by atoms with Crippen molar-refractivity contribution in [2.45, 2.75) is 31.5 Å². The summed E-state index contributed by atoms with van der Waals surface area (Å²) in [6.07, 6.45) is 2.98. The van der Waals surface area contributed by atoms with Crippen molar-refractivity contribution in [1.29, 1.82) is 0 Å². The molecule has 0 radical (unpaired) electrons. The smallest absolute Gasteiger partial charge is 0.141 e. The minimum absolute atomic E-state index is 0.169. The summed E-state index contributed by atoms with van der Waals surface area (Å²) in [7, 11) is 1.42. The van der Waals surface area contributed by atoms with Crippen molar-refractivity contribution in [2.75, 3.05) is 12.8 Å². The number of rotatable bonds is 4. The van der Waals surface area contributed by atoms with Crippen LogP contribution in [0.1, 0.15) is 30.1 Å². The van der Waals surface area contributed by atoms with E-state index in [1.807, 2.05) is 0 Å². The van der Waals surface area contributed by atoms with Crippen LogP contribution in [0.4, 0.5) is 14.5 Å². The van der Waals surface area contributed by atoms with E-state index in [2.05, 4.69) is 4.90 Å². The molecular formula is C22H19F2N3O2. The summed E-state index contributed by atoms with van der Waals surface area (Å²) in [5, 5.41) is 0.549. The molecule has 0 amide bonds. The third-order valence-corrected chi connectivity index (χ3v) is 5.79. The number of pyridine rings is 1. The van der Waals surface area contributed by atoms with Crippen LogP contribution in [-0.4, -0.2) is 29.3 Å². The first-order valence-corrected chi connectivity index (χ1v) is 9.48. The maximum absolute atomic E-state index is 14.9. The van der Waals surface area contributed by atoms with Crippen molar-refractivity contribution < 1.29 is 18.3 Å². The van der Waals surface area contributed by atoms with Gasteiger partial charge < -0.3 is 15.3 Å². The Kier molecular flexibility index (Phi) is 4.03. The summed E-state index contributed by atoms with van der Waals surface area (Å²) in [5.74, 6) is -0.779. The number of anilines is 1. The van der Waals surface area contributed by atoms with Crippen LogP contribution in [0, 0.1) is 11.6 Å². The predicted octanol–water partition coefficient (Wildman–Crippen LogP) is 3.99. The Morgan fingerprint density at radius 1 is 1.24 bits per heavy atom. The maximum Gasteiger partial charge on any atom is 0.141 e. The average molecular weight is 395 g/mol. The summed E-state index contributed by atoms with van der Waals surface area (Å²) in [4.78, 5) is 18.6. The van der Waals surface area contributed by atoms with E-state index in [0.717, 1.165) is 19.1 Å². The van der Waals surface area contributed by atoms with Gasteiger partial charge in [0.15, 0.2) is 0 Å². The number of nitrogen functional groups attached to an aromatic ring is 1. The second-order valence-electron chi connectivity index (χ2n) is 7.57. The van der Waals surface area contributed by atoms with Crippen molar-refractivity contribution in [3.8, 4) is 16.9 Å². The molecule has 2 aliphatic rings. The standard InChI is InChI=1S/C22H19F2N3O2/c1-29-14-7-11(6-12(23)8-14)19-16(24)5-4-15-21(25)20-17(26-22(15)19)9-27(13-2-3-13)18(20)10-28/h4-8,10,13,18H,2-3,9H2,1H3,(H2,25,26). The molecule has 2 N–H and O–H groups in total. The predicted molar refractivity (Wildman–Crippen MR) is 105 cm³/mol. The third-order valence-electron chi connectivity index (χ3n) is 5.79. The summed E-state index contributed by atoms with van der Waals surface area (Å²) >= 11 is 0. The summed E-state index contributed by atoms with van der Waals surface area (Å²) < 4.78 is 34.1. The van der Waals surface area contributed by atoms with Crippen LogP contribution in [0.3, 0.4) is 0 Å². The molecule has 2 heterocycles. The molecule has 1 unspecified atom stereocenters. The molecule has 1 saturated carbocycles. The molecule has 0 spiro atoms. The van der Waals surface area contributed by atoms with Crippen LogP contribution >= 0.6 is 0 Å². The molecule has 148 valence electrons. The lowest BCUT2D eigenvalue weighted by molar-refractivity contribution is -0.112. The number of methoxy groups -OCH3 is 1. The van der Waals surface area contributed by atoms with Crippen LogP contribution in [0.25, 0.3) is 22.0 Å². The molecule has 2 aromatic carbocycles. The Bertz CT molecular complexity index is 1160. The van der Waals surface area contributed by atoms with E-state index in [1.54, 1.807) is 12.1 Å². The highest BCUT2D eigenvalue weighted by Gasteiger charge is 2.42. The number of halogens is 2. The Balaban J connectivity index is 1.77. The summed E-state index contributed by atoms with van der Waals surface area (Å²) in [6.45, 7) is 0.492. The molecule has 7 heteroatoms. The van der Waals surface area contributed by atoms with Gasteiger partial charge in [-0.25, -0.2) is 8.78 Å². The van der Waals surface area contributed by atoms with Crippen molar-refractivity contribution in [3.63, 3.8) is 0 Å². The molecule has 0 bridgehead atoms. The van der Waals surface area contributed by atoms with Gasteiger partial charge in [0.05, 0.1) is 24.4 Å². The molecule has 1 aliphatic carbocycles. The number of carbonyl (C=O) groups is 1. The summed E-state index contributed by atoms with van der Waals surface area (Å²) in [5.41, 5.74) is 9.11. The summed E-state index contributed by atoms with van der Waals surface area (Å²) in [6, 6.07) is 6.82. The zero-order valence-corrected chi connectivity index (χ0v) is 15.8. The molecule has 0 saturated heterocycles. The SMILES string of the molecule is COc1cc(F)cc(-c2c(F)ccc3c(N)c4c(nc23)CN(C2CC2)C4C=O)c1. The highest BCUT2D eigenvalue weighted by atomic mass is 19.1. The van der Waals surface area contributed by atoms with Crippen molar-refractivity contribution >= 4 is 22.9 Å². The quantitative estimate of drug-likeness (QED) is 0.677. The minimum Gasteiger partial charge on any atom is -0.497 e. The number of hydrogen-bond donors (Lipinski definition) is 1. The number of ether oxygens (including phenoxy) is 1. The van der Waals surface area contributed by atoms with Gasteiger partial charge in [0.25, 0.3) is 0 Å². The Labute approximate surface area is 166 Å². The second-order valence-corrected chi connectivity index (χ2v) is 7.57. The number of carbonyl (C=O) groups excluding carboxylic acids is 1. The molecular weight excluding hydrogens is 376 g/mol. The van der Waals surface area contributed by atoms with E-state index >= 15 is 0 Å². The van der Waals surface area contributed by atoms with Crippen molar-refractivity contribution in [1.82, 2.24) is 9.88 Å². The fourth-order valence-corrected chi connectivity index (χ4v) is 4.29. The van der Waals surface area contributed by atoms with Gasteiger partial charge in [-0.1, -0.05) is 0 Å². The number of aromatic nitrogens is 1. The third kappa shape index (κ3) is 2.76. The molecule has 1 aliphatic heterocycles. The molecule has 29 heavy (non-hydrogen) atoms. The van der Waals surface area contributed by atoms with Crippen LogP contribution in [-0.2, 0) is 11.3 Å². The van der Waals surface area contributed by atoms with Gasteiger partial charge in [0, 0.05) is 40.9 Å². The maximum atomic E-state index is 14.9. The van der Waals surface area contributed by atoms with Gasteiger partial charge in [0.1, 0.15) is 23.7 Å². The van der Waals surface area contributed by atoms with Crippen LogP contribution < -0.4 is 10.5 Å². The molecule has 5 nitrogen and oxygen atoms in total. The first kappa shape index (κ1) is 18.0. The van der Waals surface area contributed by atoms with Crippen molar-refractivity contribution in [3.05, 3.63) is 53.2 Å². The van der Waals surface area contributed by atoms with E-state index in [0.29, 0.717) is 46.0 Å². The number of hydrogen-bond acceptors (Lipinski definition) is 5. The van der Waals surface area contributed by atoms with E-state index in [4.69, 9.17) is 15.5 Å². The van der Waals surface area contributed by atoms with E-state index in [-0.39, 0.29) is 11.3 Å². The normalized spacial score (nSPS) is 18.8. The largest absolute Gasteiger partial charge is 0.497 e. The lowest BCUT2D eigenvalue weighted by Gasteiger charge is -2.20. The van der Waals surface area contributed by atoms with Gasteiger partial charge >= 0.3 is 0 Å². The van der Waals surface area contributed by atoms with Gasteiger partial charge in [-0.3, -0.25) is 9.88 Å². The van der Waals surface area contributed by atoms with E-state index < -0.39 is 17.7 Å². The van der Waals surface area contributed by atoms with Crippen LogP contribution in [0.5, 0.6) is 5.75 Å². The number of benzene rings is 2. The first-order valence-electron chi connectivity index (χ1n) is 9.48. The Morgan fingerprint density at radius 2 is 2.03 bits per heavy atom. The number of nitrogens with two attached hydrogens (primary N) is 1. The molecule has 1 fully saturated rings. The van der Waals surface area contributed by atoms with Gasteiger partial charge in [0.2, 0.25) is 0 Å². The van der Waals surface area contributed by atoms with Crippen LogP contribution in [0.15, 0.2) is 30.3 Å². The highest BCUT2D eigenvalue weighted by molar-refractivity contribution is 6.02. The molecule has 3 aromatic rings. The first-order chi connectivity index (χ1) is 14.0. The monoisotopic (exact) mass is 395 g/mol. The van der Waals surface area contributed by atoms with E-state index in [9.17, 15) is 13.6 Å². The molecule has 1 aromatic heterocycles. The number of fused-ring (bicyclic) bond motifs is 2. The van der Waals surface area contributed by atoms with E-state index in [1.165, 1.54) is 25.3 Å². The molecule has 5 rings (SSSR count). The van der Waals surface area contributed by atoms with Gasteiger partial charge in [-0.15, -0.1) is 0 Å². The lowest BCUT2D eigenvalue weighted by Crippen LogP contribution is -2.25. The Morgan fingerprint density at radius 3 is 2.72 bits per heavy atom. The van der Waals surface area contributed by atoms with Gasteiger partial charge in [-0.2, -0.15) is 0 Å². The average Bonchev–Trinajstić information content (AvgIpc) is 3.48. The minimum atomic E-state index is -0.536. The fourth-order valence-electron chi connectivity index (χ4n) is 4.29. The lowest BCUT2D eigenvalue weighted by atomic mass is 9.97. The Hall–Kier alpha value is -3.06. The second kappa shape index (κ2) is 6.49. The van der Waals surface area contributed by atoms with Gasteiger partial charge in [-0.05, 0) is 42.7 Å². The highest BCUT2D eigenvalue weighted by Crippen LogP contribution is 2.45. The van der Waals surface area contributed by atoms with Crippen LogP contribution in [0.2, 0.25) is 0 Å². The van der Waals surface area contributed by atoms with Crippen molar-refractivity contribution in [2.24, 2.45) is 0 Å². The number of aldehydes is 1. The zero-order chi connectivity index (χ0) is 20.3. The zero-order valence-electron chi connectivity index (χ0n) is 15.8. The topological polar surface area (TPSA) is 68.5 Å².